The van der Waals surface area contributed by atoms with Gasteiger partial charge in [-0.05, 0) is 51.4 Å². The third-order valence-electron chi connectivity index (χ3n) is 6.80. The second kappa shape index (κ2) is 26.8. The number of allylic oxidation sites excluding steroid dienone is 7. The van der Waals surface area contributed by atoms with Crippen LogP contribution >= 0.6 is 7.82 Å². The number of carbonyl (C=O) groups excluding carboxylic acids is 1. The minimum absolute atomic E-state index is 0.0531. The van der Waals surface area contributed by atoms with Gasteiger partial charge in [0.25, 0.3) is 0 Å². The summed E-state index contributed by atoms with van der Waals surface area (Å²) >= 11 is 0. The quantitative estimate of drug-likeness (QED) is 0.0354. The summed E-state index contributed by atoms with van der Waals surface area (Å²) in [5.41, 5.74) is 0. The predicted octanol–water partition coefficient (Wildman–Crippen LogP) is 7.79. The zero-order chi connectivity index (χ0) is 32.2. The molecule has 0 rings (SSSR count). The van der Waals surface area contributed by atoms with Crippen LogP contribution in [0.15, 0.2) is 48.6 Å². The summed E-state index contributed by atoms with van der Waals surface area (Å²) in [6.45, 7) is 4.58. The van der Waals surface area contributed by atoms with Crippen LogP contribution in [0.4, 0.5) is 0 Å². The van der Waals surface area contributed by atoms with Crippen molar-refractivity contribution in [1.29, 1.82) is 0 Å². The second-order valence-electron chi connectivity index (χ2n) is 12.2. The highest BCUT2D eigenvalue weighted by molar-refractivity contribution is 7.47. The summed E-state index contributed by atoms with van der Waals surface area (Å²) < 4.78 is 23.3. The third kappa shape index (κ3) is 29.0. The van der Waals surface area contributed by atoms with Crippen LogP contribution < -0.4 is 5.32 Å². The van der Waals surface area contributed by atoms with Crippen LogP contribution in [0.1, 0.15) is 110 Å². The number of likely N-dealkylation sites (N-methyl/N-ethyl adjacent to an activating group) is 1. The molecule has 0 aliphatic carbocycles. The van der Waals surface area contributed by atoms with Crippen molar-refractivity contribution in [2.24, 2.45) is 0 Å². The fourth-order valence-electron chi connectivity index (χ4n) is 4.11. The smallest absolute Gasteiger partial charge is 0.387 e. The normalized spacial score (nSPS) is 15.6. The van der Waals surface area contributed by atoms with Gasteiger partial charge in [-0.25, -0.2) is 4.57 Å². The van der Waals surface area contributed by atoms with Gasteiger partial charge in [0.2, 0.25) is 5.91 Å². The molecule has 8 nitrogen and oxygen atoms in total. The lowest BCUT2D eigenvalue weighted by molar-refractivity contribution is -0.870. The Morgan fingerprint density at radius 3 is 2.05 bits per heavy atom. The predicted molar refractivity (Wildman–Crippen MR) is 180 cm³/mol. The Hall–Kier alpha value is -1.54. The molecule has 43 heavy (non-hydrogen) atoms. The topological polar surface area (TPSA) is 105 Å². The molecule has 0 fully saturated rings. The Morgan fingerprint density at radius 1 is 0.814 bits per heavy atom. The lowest BCUT2D eigenvalue weighted by Gasteiger charge is -2.25. The maximum Gasteiger partial charge on any atom is 0.472 e. The van der Waals surface area contributed by atoms with Gasteiger partial charge in [0, 0.05) is 6.42 Å². The molecule has 0 spiro atoms. The van der Waals surface area contributed by atoms with Gasteiger partial charge in [0.15, 0.2) is 0 Å². The van der Waals surface area contributed by atoms with Crippen LogP contribution in [-0.2, 0) is 18.4 Å². The number of phosphoric ester groups is 1. The standard InChI is InChI=1S/C34H63N2O6P/c1-6-8-10-12-14-16-17-18-19-20-22-24-26-28-34(38)35-32(31-42-43(39,40)41-30-29-36(3,4)5)33(37)27-25-23-21-15-13-11-9-7-2/h8,10,14,16,18-19,25,27,32-33,37H,6-7,9,11-13,15,17,20-24,26,28-31H2,1-5H3,(H-,35,38,39,40)/p+1/b10-8-,16-14-,19-18-,27-25+. The number of nitrogens with one attached hydrogen (secondary N) is 1. The van der Waals surface area contributed by atoms with Crippen molar-refractivity contribution in [1.82, 2.24) is 5.32 Å². The molecule has 0 aliphatic rings. The van der Waals surface area contributed by atoms with Crippen LogP contribution in [0.5, 0.6) is 0 Å². The molecule has 0 saturated carbocycles. The van der Waals surface area contributed by atoms with Crippen LogP contribution in [0.3, 0.4) is 0 Å². The molecule has 1 amide bonds. The lowest BCUT2D eigenvalue weighted by atomic mass is 10.1. The van der Waals surface area contributed by atoms with E-state index in [4.69, 9.17) is 9.05 Å². The van der Waals surface area contributed by atoms with Gasteiger partial charge in [-0.15, -0.1) is 0 Å². The number of quaternary nitrogens is 1. The fourth-order valence-corrected chi connectivity index (χ4v) is 4.85. The number of phosphoric acid groups is 1. The van der Waals surface area contributed by atoms with Gasteiger partial charge < -0.3 is 19.8 Å². The van der Waals surface area contributed by atoms with Crippen molar-refractivity contribution in [3.05, 3.63) is 48.6 Å². The zero-order valence-electron chi connectivity index (χ0n) is 27.9. The molecule has 0 aromatic rings. The van der Waals surface area contributed by atoms with E-state index in [1.54, 1.807) is 6.08 Å². The molecule has 9 heteroatoms. The number of aliphatic hydroxyl groups is 1. The minimum Gasteiger partial charge on any atom is -0.387 e. The molecular formula is C34H64N2O6P+. The Bertz CT molecular complexity index is 850. The van der Waals surface area contributed by atoms with Crippen molar-refractivity contribution < 1.29 is 32.9 Å². The van der Waals surface area contributed by atoms with E-state index in [2.05, 4.69) is 55.6 Å². The van der Waals surface area contributed by atoms with Crippen molar-refractivity contribution in [3.63, 3.8) is 0 Å². The molecule has 0 aromatic carbocycles. The number of aliphatic hydroxyl groups excluding tert-OH is 1. The van der Waals surface area contributed by atoms with Crippen molar-refractivity contribution in [2.45, 2.75) is 122 Å². The molecule has 3 atom stereocenters. The number of hydrogen-bond donors (Lipinski definition) is 3. The van der Waals surface area contributed by atoms with Crippen LogP contribution in [-0.4, -0.2) is 73.4 Å². The number of amides is 1. The number of rotatable bonds is 28. The molecule has 0 radical (unpaired) electrons. The van der Waals surface area contributed by atoms with Crippen molar-refractivity contribution >= 4 is 13.7 Å². The Balaban J connectivity index is 4.66. The first-order valence-electron chi connectivity index (χ1n) is 16.5. The van der Waals surface area contributed by atoms with Gasteiger partial charge in [0.05, 0.1) is 39.9 Å². The first-order chi connectivity index (χ1) is 20.5. The lowest BCUT2D eigenvalue weighted by Crippen LogP contribution is -2.45. The largest absolute Gasteiger partial charge is 0.472 e. The summed E-state index contributed by atoms with van der Waals surface area (Å²) in [4.78, 5) is 22.8. The van der Waals surface area contributed by atoms with Gasteiger partial charge in [-0.1, -0.05) is 101 Å². The highest BCUT2D eigenvalue weighted by Crippen LogP contribution is 2.43. The number of carbonyl (C=O) groups is 1. The van der Waals surface area contributed by atoms with E-state index in [9.17, 15) is 19.4 Å². The molecule has 0 heterocycles. The maximum atomic E-state index is 12.7. The first-order valence-corrected chi connectivity index (χ1v) is 18.0. The highest BCUT2D eigenvalue weighted by atomic mass is 31.2. The first kappa shape index (κ1) is 41.5. The van der Waals surface area contributed by atoms with Crippen molar-refractivity contribution in [2.75, 3.05) is 40.9 Å². The average molecular weight is 628 g/mol. The fraction of sp³-hybridized carbons (Fsp3) is 0.735. The van der Waals surface area contributed by atoms with Crippen LogP contribution in [0, 0.1) is 0 Å². The van der Waals surface area contributed by atoms with Gasteiger partial charge in [-0.3, -0.25) is 13.8 Å². The molecule has 3 unspecified atom stereocenters. The summed E-state index contributed by atoms with van der Waals surface area (Å²) in [5, 5.41) is 13.6. The number of nitrogens with zero attached hydrogens (tertiary/aromatic N) is 1. The Kier molecular flexibility index (Phi) is 25.9. The molecule has 0 bridgehead atoms. The van der Waals surface area contributed by atoms with E-state index in [0.717, 1.165) is 64.2 Å². The zero-order valence-corrected chi connectivity index (χ0v) is 28.8. The van der Waals surface area contributed by atoms with Crippen LogP contribution in [0.25, 0.3) is 0 Å². The molecule has 0 aromatic heterocycles. The van der Waals surface area contributed by atoms with Gasteiger partial charge in [0.1, 0.15) is 13.2 Å². The highest BCUT2D eigenvalue weighted by Gasteiger charge is 2.27. The monoisotopic (exact) mass is 627 g/mol. The van der Waals surface area contributed by atoms with Gasteiger partial charge in [-0.2, -0.15) is 0 Å². The Morgan fingerprint density at radius 2 is 1.40 bits per heavy atom. The maximum absolute atomic E-state index is 12.7. The summed E-state index contributed by atoms with van der Waals surface area (Å²) in [5.74, 6) is -0.214. The number of unbranched alkanes of at least 4 members (excludes halogenated alkanes) is 9. The van der Waals surface area contributed by atoms with Crippen molar-refractivity contribution in [3.8, 4) is 0 Å². The molecule has 0 saturated heterocycles. The van der Waals surface area contributed by atoms with E-state index < -0.39 is 20.0 Å². The summed E-state index contributed by atoms with van der Waals surface area (Å²) in [6.07, 6.45) is 30.4. The van der Waals surface area contributed by atoms with E-state index in [0.29, 0.717) is 17.4 Å². The van der Waals surface area contributed by atoms with E-state index in [-0.39, 0.29) is 19.1 Å². The molecule has 250 valence electrons. The molecular weight excluding hydrogens is 563 g/mol. The molecule has 3 N–H and O–H groups in total. The minimum atomic E-state index is -4.33. The van der Waals surface area contributed by atoms with E-state index in [1.807, 2.05) is 27.2 Å². The molecule has 0 aliphatic heterocycles. The van der Waals surface area contributed by atoms with E-state index in [1.165, 1.54) is 25.7 Å². The average Bonchev–Trinajstić information content (AvgIpc) is 2.94. The summed E-state index contributed by atoms with van der Waals surface area (Å²) in [7, 11) is 1.54. The van der Waals surface area contributed by atoms with Gasteiger partial charge >= 0.3 is 7.82 Å². The number of hydrogen-bond acceptors (Lipinski definition) is 5. The second-order valence-corrected chi connectivity index (χ2v) is 13.6. The summed E-state index contributed by atoms with van der Waals surface area (Å²) in [6, 6.07) is -0.857. The third-order valence-corrected chi connectivity index (χ3v) is 7.79. The van der Waals surface area contributed by atoms with E-state index >= 15 is 0 Å². The SMILES string of the molecule is CC/C=C\C/C=C\C/C=C\CCCCCC(=O)NC(COP(=O)(O)OCC[N+](C)(C)C)C(O)/C=C/CCCCCCCC. The van der Waals surface area contributed by atoms with Crippen LogP contribution in [0.2, 0.25) is 0 Å². The Labute approximate surface area is 263 Å².